The summed E-state index contributed by atoms with van der Waals surface area (Å²) < 4.78 is 39.6. The minimum Gasteiger partial charge on any atom is -0.344 e. The maximum Gasteiger partial charge on any atom is 0.433 e. The molecule has 1 atom stereocenters. The van der Waals surface area contributed by atoms with Crippen LogP contribution in [0.5, 0.6) is 0 Å². The predicted molar refractivity (Wildman–Crippen MR) is 78.8 cm³/mol. The van der Waals surface area contributed by atoms with E-state index in [1.807, 2.05) is 0 Å². The highest BCUT2D eigenvalue weighted by Gasteiger charge is 2.40. The van der Waals surface area contributed by atoms with Crippen molar-refractivity contribution in [1.82, 2.24) is 20.2 Å². The molecule has 0 saturated heterocycles. The summed E-state index contributed by atoms with van der Waals surface area (Å²) in [4.78, 5) is 21.7. The summed E-state index contributed by atoms with van der Waals surface area (Å²) in [5, 5.41) is 2.94. The third-order valence-corrected chi connectivity index (χ3v) is 4.08. The molecule has 1 aromatic rings. The van der Waals surface area contributed by atoms with Gasteiger partial charge in [-0.05, 0) is 33.2 Å². The highest BCUT2D eigenvalue weighted by Crippen LogP contribution is 2.36. The summed E-state index contributed by atoms with van der Waals surface area (Å²) in [5.41, 5.74) is -0.392. The normalized spacial score (nSPS) is 17.7. The van der Waals surface area contributed by atoms with E-state index in [1.165, 1.54) is 6.92 Å². The number of alkyl halides is 3. The molecule has 0 spiro atoms. The van der Waals surface area contributed by atoms with Crippen LogP contribution in [-0.4, -0.2) is 48.0 Å². The van der Waals surface area contributed by atoms with Crippen LogP contribution in [0.1, 0.15) is 29.2 Å². The first-order valence-electron chi connectivity index (χ1n) is 7.57. The molecule has 1 aliphatic rings. The van der Waals surface area contributed by atoms with Crippen molar-refractivity contribution in [3.63, 3.8) is 0 Å². The Morgan fingerprint density at radius 3 is 2.70 bits per heavy atom. The topological polar surface area (TPSA) is 58.1 Å². The first-order chi connectivity index (χ1) is 10.7. The molecule has 8 heteroatoms. The van der Waals surface area contributed by atoms with Crippen molar-refractivity contribution in [3.05, 3.63) is 22.8 Å². The lowest BCUT2D eigenvalue weighted by Gasteiger charge is -2.29. The molecule has 1 aliphatic carbocycles. The van der Waals surface area contributed by atoms with Crippen LogP contribution in [-0.2, 0) is 23.8 Å². The summed E-state index contributed by atoms with van der Waals surface area (Å²) >= 11 is 0. The number of carbonyl (C=O) groups excluding carboxylic acids is 1. The molecule has 23 heavy (non-hydrogen) atoms. The second-order valence-electron chi connectivity index (χ2n) is 5.85. The van der Waals surface area contributed by atoms with Crippen molar-refractivity contribution in [2.24, 2.45) is 5.92 Å². The first kappa shape index (κ1) is 17.7. The van der Waals surface area contributed by atoms with Gasteiger partial charge in [0, 0.05) is 37.3 Å². The van der Waals surface area contributed by atoms with Crippen molar-refractivity contribution in [2.75, 3.05) is 27.2 Å². The number of nitrogens with one attached hydrogen (secondary N) is 1. The zero-order valence-corrected chi connectivity index (χ0v) is 13.5. The molecular weight excluding hydrogens is 309 g/mol. The first-order valence-corrected chi connectivity index (χ1v) is 7.57. The van der Waals surface area contributed by atoms with Gasteiger partial charge in [0.25, 0.3) is 0 Å². The lowest BCUT2D eigenvalue weighted by atomic mass is 9.84. The second-order valence-corrected chi connectivity index (χ2v) is 5.85. The molecule has 5 nitrogen and oxygen atoms in total. The van der Waals surface area contributed by atoms with Crippen molar-refractivity contribution < 1.29 is 18.0 Å². The predicted octanol–water partition coefficient (Wildman–Crippen LogP) is 1.59. The maximum atomic E-state index is 13.2. The zero-order chi connectivity index (χ0) is 17.2. The number of aromatic nitrogens is 2. The van der Waals surface area contributed by atoms with Gasteiger partial charge in [0.2, 0.25) is 5.91 Å². The molecule has 0 radical (unpaired) electrons. The fourth-order valence-electron chi connectivity index (χ4n) is 2.88. The van der Waals surface area contributed by atoms with Crippen LogP contribution in [0.3, 0.4) is 0 Å². The highest BCUT2D eigenvalue weighted by atomic mass is 19.4. The summed E-state index contributed by atoms with van der Waals surface area (Å²) in [6.07, 6.45) is -3.59. The molecule has 1 amide bonds. The number of hydrogen-bond acceptors (Lipinski definition) is 4. The van der Waals surface area contributed by atoms with Gasteiger partial charge in [-0.25, -0.2) is 9.97 Å². The Morgan fingerprint density at radius 2 is 2.09 bits per heavy atom. The van der Waals surface area contributed by atoms with Crippen molar-refractivity contribution in [3.8, 4) is 0 Å². The molecule has 0 saturated carbocycles. The van der Waals surface area contributed by atoms with E-state index in [1.54, 1.807) is 19.0 Å². The van der Waals surface area contributed by atoms with Gasteiger partial charge in [0.15, 0.2) is 5.69 Å². The SMILES string of the molecule is CNCCN(C)C(=O)[C@H]1CCc2nc(C)nc(C(F)(F)F)c2C1. The van der Waals surface area contributed by atoms with E-state index in [-0.39, 0.29) is 23.7 Å². The van der Waals surface area contributed by atoms with Gasteiger partial charge in [-0.1, -0.05) is 0 Å². The van der Waals surface area contributed by atoms with Crippen molar-refractivity contribution >= 4 is 5.91 Å². The third-order valence-electron chi connectivity index (χ3n) is 4.08. The molecule has 0 aliphatic heterocycles. The fraction of sp³-hybridized carbons (Fsp3) is 0.667. The monoisotopic (exact) mass is 330 g/mol. The number of likely N-dealkylation sites (N-methyl/N-ethyl adjacent to an activating group) is 2. The van der Waals surface area contributed by atoms with Gasteiger partial charge < -0.3 is 10.2 Å². The van der Waals surface area contributed by atoms with Crippen LogP contribution in [0.4, 0.5) is 13.2 Å². The molecule has 1 N–H and O–H groups in total. The van der Waals surface area contributed by atoms with Crippen LogP contribution in [0.2, 0.25) is 0 Å². The fourth-order valence-corrected chi connectivity index (χ4v) is 2.88. The lowest BCUT2D eigenvalue weighted by molar-refractivity contribution is -0.143. The van der Waals surface area contributed by atoms with Crippen LogP contribution < -0.4 is 5.32 Å². The molecule has 128 valence electrons. The Morgan fingerprint density at radius 1 is 1.39 bits per heavy atom. The van der Waals surface area contributed by atoms with Crippen LogP contribution >= 0.6 is 0 Å². The van der Waals surface area contributed by atoms with Crippen molar-refractivity contribution in [2.45, 2.75) is 32.4 Å². The van der Waals surface area contributed by atoms with E-state index in [0.717, 1.165) is 0 Å². The number of fused-ring (bicyclic) bond motifs is 1. The van der Waals surface area contributed by atoms with Gasteiger partial charge in [-0.3, -0.25) is 4.79 Å². The number of carbonyl (C=O) groups is 1. The smallest absolute Gasteiger partial charge is 0.344 e. The summed E-state index contributed by atoms with van der Waals surface area (Å²) in [5.74, 6) is -0.455. The minimum atomic E-state index is -4.53. The quantitative estimate of drug-likeness (QED) is 0.911. The molecule has 1 aromatic heterocycles. The maximum absolute atomic E-state index is 13.2. The van der Waals surface area contributed by atoms with Crippen LogP contribution in [0.25, 0.3) is 0 Å². The summed E-state index contributed by atoms with van der Waals surface area (Å²) in [7, 11) is 3.45. The van der Waals surface area contributed by atoms with Gasteiger partial charge in [0.1, 0.15) is 5.82 Å². The lowest BCUT2D eigenvalue weighted by Crippen LogP contribution is -2.39. The Bertz CT molecular complexity index is 589. The Kier molecular flexibility index (Phi) is 5.23. The average Bonchev–Trinajstić information content (AvgIpc) is 2.49. The van der Waals surface area contributed by atoms with E-state index in [2.05, 4.69) is 15.3 Å². The van der Waals surface area contributed by atoms with Gasteiger partial charge in [-0.2, -0.15) is 13.2 Å². The molecule has 0 fully saturated rings. The molecule has 0 bridgehead atoms. The molecule has 1 heterocycles. The van der Waals surface area contributed by atoms with Gasteiger partial charge >= 0.3 is 6.18 Å². The van der Waals surface area contributed by atoms with Crippen LogP contribution in [0.15, 0.2) is 0 Å². The van der Waals surface area contributed by atoms with Crippen LogP contribution in [0, 0.1) is 12.8 Å². The van der Waals surface area contributed by atoms with Crippen molar-refractivity contribution in [1.29, 1.82) is 0 Å². The standard InChI is InChI=1S/C15H21F3N4O/c1-9-20-12-5-4-10(14(23)22(3)7-6-19-2)8-11(12)13(21-9)15(16,17)18/h10,19H,4-8H2,1-3H3/t10-/m0/s1. The number of nitrogens with zero attached hydrogens (tertiary/aromatic N) is 3. The van der Waals surface area contributed by atoms with E-state index in [9.17, 15) is 18.0 Å². The number of aryl methyl sites for hydroxylation is 2. The minimum absolute atomic E-state index is 0.0488. The molecule has 0 aromatic carbocycles. The van der Waals surface area contributed by atoms with E-state index >= 15 is 0 Å². The Labute approximate surface area is 133 Å². The Balaban J connectivity index is 2.24. The largest absolute Gasteiger partial charge is 0.433 e. The number of amides is 1. The number of hydrogen-bond donors (Lipinski definition) is 1. The third kappa shape index (κ3) is 3.99. The van der Waals surface area contributed by atoms with E-state index in [4.69, 9.17) is 0 Å². The van der Waals surface area contributed by atoms with E-state index in [0.29, 0.717) is 31.6 Å². The molecule has 2 rings (SSSR count). The second kappa shape index (κ2) is 6.82. The number of rotatable bonds is 4. The molecular formula is C15H21F3N4O. The Hall–Kier alpha value is -1.70. The summed E-state index contributed by atoms with van der Waals surface area (Å²) in [6, 6.07) is 0. The van der Waals surface area contributed by atoms with Gasteiger partial charge in [0.05, 0.1) is 0 Å². The number of halogens is 3. The zero-order valence-electron chi connectivity index (χ0n) is 13.5. The molecule has 0 unspecified atom stereocenters. The van der Waals surface area contributed by atoms with E-state index < -0.39 is 17.8 Å². The average molecular weight is 330 g/mol. The highest BCUT2D eigenvalue weighted by molar-refractivity contribution is 5.79. The summed E-state index contributed by atoms with van der Waals surface area (Å²) in [6.45, 7) is 2.62. The van der Waals surface area contributed by atoms with Gasteiger partial charge in [-0.15, -0.1) is 0 Å².